The van der Waals surface area contributed by atoms with Crippen molar-refractivity contribution in [3.63, 3.8) is 0 Å². The molecule has 1 heterocycles. The third kappa shape index (κ3) is 6.05. The predicted octanol–water partition coefficient (Wildman–Crippen LogP) is 1.64. The Hall–Kier alpha value is -0.210. The molecular formula is C10H16Cl3N3O3S. The van der Waals surface area contributed by atoms with Crippen LogP contribution in [0.3, 0.4) is 0 Å². The molecule has 116 valence electrons. The number of alkyl carbamates (subject to hydrolysis) is 1. The van der Waals surface area contributed by atoms with Crippen LogP contribution in [0, 0.1) is 0 Å². The van der Waals surface area contributed by atoms with Crippen LogP contribution in [0.25, 0.3) is 0 Å². The minimum Gasteiger partial charge on any atom is -0.450 e. The summed E-state index contributed by atoms with van der Waals surface area (Å²) >= 11 is 22.7. The van der Waals surface area contributed by atoms with E-state index in [0.717, 1.165) is 0 Å². The van der Waals surface area contributed by atoms with Gasteiger partial charge in [-0.25, -0.2) is 4.79 Å². The summed E-state index contributed by atoms with van der Waals surface area (Å²) in [5, 5.41) is 5.60. The van der Waals surface area contributed by atoms with E-state index in [9.17, 15) is 4.79 Å². The zero-order valence-electron chi connectivity index (χ0n) is 10.8. The van der Waals surface area contributed by atoms with E-state index in [-0.39, 0.29) is 6.61 Å². The Kier molecular flexibility index (Phi) is 7.39. The minimum atomic E-state index is -1.77. The lowest BCUT2D eigenvalue weighted by Crippen LogP contribution is -2.59. The zero-order chi connectivity index (χ0) is 15.2. The summed E-state index contributed by atoms with van der Waals surface area (Å²) in [5.41, 5.74) is 0. The monoisotopic (exact) mass is 363 g/mol. The van der Waals surface area contributed by atoms with Gasteiger partial charge in [-0.15, -0.1) is 0 Å². The van der Waals surface area contributed by atoms with Crippen molar-refractivity contribution < 1.29 is 14.3 Å². The van der Waals surface area contributed by atoms with Gasteiger partial charge in [0.2, 0.25) is 3.79 Å². The van der Waals surface area contributed by atoms with Crippen molar-refractivity contribution in [2.75, 3.05) is 32.9 Å². The second-order valence-electron chi connectivity index (χ2n) is 3.89. The maximum Gasteiger partial charge on any atom is 0.408 e. The minimum absolute atomic E-state index is 0.215. The third-order valence-corrected chi connectivity index (χ3v) is 3.46. The fourth-order valence-electron chi connectivity index (χ4n) is 1.47. The van der Waals surface area contributed by atoms with Crippen LogP contribution in [-0.4, -0.2) is 59.0 Å². The molecule has 10 heteroatoms. The number of morpholine rings is 1. The number of nitrogens with zero attached hydrogens (tertiary/aromatic N) is 1. The summed E-state index contributed by atoms with van der Waals surface area (Å²) in [6.45, 7) is 4.31. The molecule has 1 atom stereocenters. The number of thiocarbonyl (C=S) groups is 1. The van der Waals surface area contributed by atoms with E-state index in [0.29, 0.717) is 31.4 Å². The Morgan fingerprint density at radius 1 is 1.40 bits per heavy atom. The average Bonchev–Trinajstić information content (AvgIpc) is 2.38. The predicted molar refractivity (Wildman–Crippen MR) is 82.4 cm³/mol. The molecular weight excluding hydrogens is 349 g/mol. The van der Waals surface area contributed by atoms with Gasteiger partial charge in [0.05, 0.1) is 19.8 Å². The highest BCUT2D eigenvalue weighted by Crippen LogP contribution is 2.29. The highest BCUT2D eigenvalue weighted by atomic mass is 35.6. The van der Waals surface area contributed by atoms with Crippen molar-refractivity contribution in [3.05, 3.63) is 0 Å². The van der Waals surface area contributed by atoms with Gasteiger partial charge in [-0.2, -0.15) is 0 Å². The van der Waals surface area contributed by atoms with Crippen LogP contribution in [0.1, 0.15) is 6.92 Å². The van der Waals surface area contributed by atoms with Crippen molar-refractivity contribution in [1.82, 2.24) is 15.5 Å². The number of nitrogens with one attached hydrogen (secondary N) is 2. The van der Waals surface area contributed by atoms with E-state index in [2.05, 4.69) is 10.6 Å². The SMILES string of the molecule is CCOC(=O)N[C@@H](NC(=S)N1CCOCC1)C(Cl)(Cl)Cl. The third-order valence-electron chi connectivity index (χ3n) is 2.43. The molecule has 0 radical (unpaired) electrons. The van der Waals surface area contributed by atoms with Crippen LogP contribution in [0.5, 0.6) is 0 Å². The van der Waals surface area contributed by atoms with E-state index in [1.54, 1.807) is 6.92 Å². The molecule has 1 fully saturated rings. The summed E-state index contributed by atoms with van der Waals surface area (Å²) in [6, 6.07) is 0. The van der Waals surface area contributed by atoms with Gasteiger partial charge in [0.25, 0.3) is 0 Å². The maximum absolute atomic E-state index is 11.4. The Morgan fingerprint density at radius 2 is 2.00 bits per heavy atom. The fourth-order valence-corrected chi connectivity index (χ4v) is 2.10. The first-order chi connectivity index (χ1) is 9.34. The molecule has 20 heavy (non-hydrogen) atoms. The molecule has 2 N–H and O–H groups in total. The highest BCUT2D eigenvalue weighted by Gasteiger charge is 2.35. The van der Waals surface area contributed by atoms with Crippen molar-refractivity contribution in [1.29, 1.82) is 0 Å². The number of ether oxygens (including phenoxy) is 2. The van der Waals surface area contributed by atoms with Crippen LogP contribution >= 0.6 is 47.0 Å². The molecule has 1 rings (SSSR count). The van der Waals surface area contributed by atoms with Gasteiger partial charge in [0, 0.05) is 13.1 Å². The zero-order valence-corrected chi connectivity index (χ0v) is 13.9. The molecule has 1 saturated heterocycles. The first-order valence-electron chi connectivity index (χ1n) is 5.97. The highest BCUT2D eigenvalue weighted by molar-refractivity contribution is 7.80. The van der Waals surface area contributed by atoms with Crippen LogP contribution in [-0.2, 0) is 9.47 Å². The molecule has 0 aromatic heterocycles. The topological polar surface area (TPSA) is 62.8 Å². The lowest BCUT2D eigenvalue weighted by Gasteiger charge is -2.33. The number of carbonyl (C=O) groups is 1. The molecule has 1 aliphatic heterocycles. The lowest BCUT2D eigenvalue weighted by molar-refractivity contribution is 0.0672. The van der Waals surface area contributed by atoms with Gasteiger partial charge >= 0.3 is 6.09 Å². The summed E-state index contributed by atoms with van der Waals surface area (Å²) in [7, 11) is 0. The number of alkyl halides is 3. The summed E-state index contributed by atoms with van der Waals surface area (Å²) in [5.74, 6) is 0. The second kappa shape index (κ2) is 8.29. The molecule has 1 aliphatic rings. The van der Waals surface area contributed by atoms with Crippen LogP contribution in [0.4, 0.5) is 4.79 Å². The van der Waals surface area contributed by atoms with Crippen molar-refractivity contribution >= 4 is 58.2 Å². The van der Waals surface area contributed by atoms with Gasteiger partial charge < -0.3 is 19.7 Å². The van der Waals surface area contributed by atoms with E-state index in [1.165, 1.54) is 0 Å². The Bertz CT molecular complexity index is 348. The van der Waals surface area contributed by atoms with Crippen LogP contribution in [0.15, 0.2) is 0 Å². The summed E-state index contributed by atoms with van der Waals surface area (Å²) in [4.78, 5) is 13.3. The van der Waals surface area contributed by atoms with E-state index in [1.807, 2.05) is 4.90 Å². The number of hydrogen-bond acceptors (Lipinski definition) is 4. The molecule has 0 aromatic rings. The van der Waals surface area contributed by atoms with Crippen molar-refractivity contribution in [3.8, 4) is 0 Å². The van der Waals surface area contributed by atoms with Crippen molar-refractivity contribution in [2.45, 2.75) is 16.9 Å². The molecule has 0 saturated carbocycles. The van der Waals surface area contributed by atoms with Gasteiger partial charge in [0.1, 0.15) is 0 Å². The van der Waals surface area contributed by atoms with Gasteiger partial charge in [-0.3, -0.25) is 5.32 Å². The van der Waals surface area contributed by atoms with Crippen molar-refractivity contribution in [2.24, 2.45) is 0 Å². The van der Waals surface area contributed by atoms with E-state index < -0.39 is 16.1 Å². The maximum atomic E-state index is 11.4. The summed E-state index contributed by atoms with van der Waals surface area (Å²) in [6.07, 6.45) is -1.69. The second-order valence-corrected chi connectivity index (χ2v) is 6.64. The number of halogens is 3. The first-order valence-corrected chi connectivity index (χ1v) is 7.52. The van der Waals surface area contributed by atoms with Gasteiger partial charge in [-0.05, 0) is 19.1 Å². The Morgan fingerprint density at radius 3 is 2.50 bits per heavy atom. The molecule has 0 unspecified atom stereocenters. The Balaban J connectivity index is 2.59. The summed E-state index contributed by atoms with van der Waals surface area (Å²) < 4.78 is 8.20. The van der Waals surface area contributed by atoms with E-state index >= 15 is 0 Å². The quantitative estimate of drug-likeness (QED) is 0.451. The molecule has 6 nitrogen and oxygen atoms in total. The number of amides is 1. The normalized spacial score (nSPS) is 17.3. The number of hydrogen-bond donors (Lipinski definition) is 2. The molecule has 0 aliphatic carbocycles. The van der Waals surface area contributed by atoms with Gasteiger partial charge in [0.15, 0.2) is 11.3 Å². The van der Waals surface area contributed by atoms with Crippen LogP contribution in [0.2, 0.25) is 0 Å². The molecule has 0 spiro atoms. The van der Waals surface area contributed by atoms with Gasteiger partial charge in [-0.1, -0.05) is 34.8 Å². The Labute approximate surface area is 138 Å². The van der Waals surface area contributed by atoms with Crippen LogP contribution < -0.4 is 10.6 Å². The smallest absolute Gasteiger partial charge is 0.408 e. The first kappa shape index (κ1) is 17.8. The number of rotatable bonds is 3. The standard InChI is InChI=1S/C10H16Cl3N3O3S/c1-2-19-9(17)15-7(10(11,12)13)14-8(20)16-3-5-18-6-4-16/h7H,2-6H2,1H3,(H,14,20)(H,15,17)/t7-/m1/s1. The average molecular weight is 365 g/mol. The van der Waals surface area contributed by atoms with E-state index in [4.69, 9.17) is 56.5 Å². The number of carbonyl (C=O) groups excluding carboxylic acids is 1. The molecule has 1 amide bonds. The molecule has 0 aromatic carbocycles. The molecule has 0 bridgehead atoms. The largest absolute Gasteiger partial charge is 0.450 e. The lowest BCUT2D eigenvalue weighted by atomic mass is 10.4. The fraction of sp³-hybridized carbons (Fsp3) is 0.800.